The lowest BCUT2D eigenvalue weighted by molar-refractivity contribution is -0.135. The fourth-order valence-corrected chi connectivity index (χ4v) is 7.03. The summed E-state index contributed by atoms with van der Waals surface area (Å²) >= 11 is 0. The third kappa shape index (κ3) is 8.79. The molecule has 4 aromatic rings. The van der Waals surface area contributed by atoms with Crippen molar-refractivity contribution >= 4 is 18.1 Å². The van der Waals surface area contributed by atoms with Gasteiger partial charge in [0.15, 0.2) is 0 Å². The van der Waals surface area contributed by atoms with E-state index in [2.05, 4.69) is 44.2 Å². The number of benzene rings is 2. The van der Waals surface area contributed by atoms with Crippen LogP contribution in [0.25, 0.3) is 22.5 Å². The number of fused-ring (bicyclic) bond motifs is 3. The monoisotopic (exact) mass is 733 g/mol. The summed E-state index contributed by atoms with van der Waals surface area (Å²) in [6.45, 7) is 13.0. The second-order valence-electron chi connectivity index (χ2n) is 15.3. The molecule has 2 atom stereocenters. The van der Waals surface area contributed by atoms with Crippen molar-refractivity contribution in [2.75, 3.05) is 20.2 Å². The Labute approximate surface area is 317 Å². The summed E-state index contributed by atoms with van der Waals surface area (Å²) in [5, 5.41) is 2.72. The van der Waals surface area contributed by atoms with Crippen molar-refractivity contribution in [3.63, 3.8) is 0 Å². The predicted molar refractivity (Wildman–Crippen MR) is 206 cm³/mol. The predicted octanol–water partition coefficient (Wildman–Crippen LogP) is 7.16. The lowest BCUT2D eigenvalue weighted by atomic mass is 9.91. The number of hydrogen-bond donors (Lipinski definition) is 3. The molecule has 0 bridgehead atoms. The van der Waals surface area contributed by atoms with Gasteiger partial charge < -0.3 is 34.6 Å². The molecule has 12 heteroatoms. The highest BCUT2D eigenvalue weighted by Crippen LogP contribution is 2.37. The second kappa shape index (κ2) is 16.2. The number of nitrogens with zero attached hydrogens (tertiary/aromatic N) is 4. The smallest absolute Gasteiger partial charge is 0.410 e. The number of carbonyl (C=O) groups excluding carboxylic acids is 3. The molecule has 6 rings (SSSR count). The Hall–Kier alpha value is -5.57. The number of aryl methyl sites for hydroxylation is 2. The van der Waals surface area contributed by atoms with Gasteiger partial charge in [-0.25, -0.2) is 19.6 Å². The normalized spacial score (nSPS) is 15.5. The van der Waals surface area contributed by atoms with Crippen molar-refractivity contribution in [2.24, 2.45) is 5.92 Å². The summed E-state index contributed by atoms with van der Waals surface area (Å²) in [7, 11) is 1.30. The van der Waals surface area contributed by atoms with Crippen LogP contribution in [0.1, 0.15) is 101 Å². The Balaban J connectivity index is 1.12. The average Bonchev–Trinajstić information content (AvgIpc) is 3.92. The largest absolute Gasteiger partial charge is 0.453 e. The minimum atomic E-state index is -0.675. The van der Waals surface area contributed by atoms with Gasteiger partial charge in [0.2, 0.25) is 5.91 Å². The average molecular weight is 734 g/mol. The van der Waals surface area contributed by atoms with Crippen molar-refractivity contribution in [1.29, 1.82) is 0 Å². The van der Waals surface area contributed by atoms with Gasteiger partial charge in [-0.2, -0.15) is 0 Å². The van der Waals surface area contributed by atoms with Gasteiger partial charge in [0.05, 0.1) is 37.3 Å². The van der Waals surface area contributed by atoms with E-state index in [-0.39, 0.29) is 24.0 Å². The Bertz CT molecular complexity index is 2050. The van der Waals surface area contributed by atoms with Crippen LogP contribution in [0.4, 0.5) is 9.59 Å². The highest BCUT2D eigenvalue weighted by atomic mass is 16.6. The molecular formula is C42H51N7O5. The number of likely N-dealkylation sites (tertiary alicyclic amines) is 1. The number of carbonyl (C=O) groups is 3. The van der Waals surface area contributed by atoms with Crippen LogP contribution in [0.5, 0.6) is 0 Å². The van der Waals surface area contributed by atoms with Gasteiger partial charge in [0.25, 0.3) is 0 Å². The van der Waals surface area contributed by atoms with E-state index in [1.807, 2.05) is 76.8 Å². The minimum Gasteiger partial charge on any atom is -0.453 e. The molecule has 1 fully saturated rings. The summed E-state index contributed by atoms with van der Waals surface area (Å²) in [6.07, 6.45) is 4.99. The number of ether oxygens (including phenoxy) is 2. The van der Waals surface area contributed by atoms with Crippen LogP contribution < -0.4 is 5.32 Å². The number of nitrogens with one attached hydrogen (secondary N) is 3. The zero-order chi connectivity index (χ0) is 38.6. The fraction of sp³-hybridized carbons (Fsp3) is 0.452. The van der Waals surface area contributed by atoms with Crippen LogP contribution in [0, 0.1) is 17.8 Å². The molecule has 2 aromatic heterocycles. The standard InChI is InChI=1S/C42H51N7O5/c1-8-21-48(41(52)54-42(4,5)6)25-35-43-24-33(44-35)29-16-13-27(14-17-29)11-12-28-15-19-31-30(23-28)18-20-32-37(31)46-38(45-32)34-10-9-22-49(34)39(50)36(26(2)3)47-40(51)53-7/h13-17,19,23-24,26,34,36H,8-10,18,20-22,25H2,1-7H3,(H,43,44)(H,45,46)(H,47,51)/t34-,36-/m0/s1. The van der Waals surface area contributed by atoms with Crippen LogP contribution in [0.2, 0.25) is 0 Å². The number of imidazole rings is 2. The van der Waals surface area contributed by atoms with Crippen molar-refractivity contribution in [3.8, 4) is 34.4 Å². The molecule has 284 valence electrons. The van der Waals surface area contributed by atoms with Crippen molar-refractivity contribution in [1.82, 2.24) is 35.1 Å². The first kappa shape index (κ1) is 38.2. The van der Waals surface area contributed by atoms with E-state index in [4.69, 9.17) is 14.5 Å². The minimum absolute atomic E-state index is 0.0939. The lowest BCUT2D eigenvalue weighted by Gasteiger charge is -2.30. The summed E-state index contributed by atoms with van der Waals surface area (Å²) in [5.41, 5.74) is 7.39. The summed E-state index contributed by atoms with van der Waals surface area (Å²) in [5.74, 6) is 7.91. The van der Waals surface area contributed by atoms with Gasteiger partial charge >= 0.3 is 12.2 Å². The maximum atomic E-state index is 13.6. The molecule has 3 amide bonds. The number of amides is 3. The van der Waals surface area contributed by atoms with Crippen LogP contribution >= 0.6 is 0 Å². The molecule has 0 spiro atoms. The zero-order valence-electron chi connectivity index (χ0n) is 32.3. The first-order valence-electron chi connectivity index (χ1n) is 18.8. The number of methoxy groups -OCH3 is 1. The summed E-state index contributed by atoms with van der Waals surface area (Å²) < 4.78 is 10.4. The third-order valence-electron chi connectivity index (χ3n) is 9.71. The SMILES string of the molecule is CCCN(Cc1ncc(-c2ccc(C#Cc3ccc4c(c3)CCc3[nH]c([C@@H]5CCCN5C(=O)[C@@H](NC(=O)OC)C(C)C)nc3-4)cc2)[nH]1)C(=O)OC(C)(C)C. The Morgan fingerprint density at radius 1 is 1.06 bits per heavy atom. The van der Waals surface area contributed by atoms with Crippen molar-refractivity contribution in [2.45, 2.75) is 97.9 Å². The molecule has 54 heavy (non-hydrogen) atoms. The molecule has 1 aliphatic carbocycles. The van der Waals surface area contributed by atoms with E-state index in [9.17, 15) is 14.4 Å². The van der Waals surface area contributed by atoms with Gasteiger partial charge in [-0.05, 0) is 94.2 Å². The molecule has 2 aliphatic rings. The van der Waals surface area contributed by atoms with E-state index in [0.29, 0.717) is 25.5 Å². The third-order valence-corrected chi connectivity index (χ3v) is 9.71. The molecule has 1 saturated heterocycles. The Morgan fingerprint density at radius 3 is 2.50 bits per heavy atom. The fourth-order valence-electron chi connectivity index (χ4n) is 7.03. The van der Waals surface area contributed by atoms with Crippen LogP contribution in [-0.2, 0) is 33.7 Å². The molecule has 2 aromatic carbocycles. The number of aromatic amines is 2. The van der Waals surface area contributed by atoms with Gasteiger partial charge in [0, 0.05) is 35.5 Å². The number of H-pyrrole nitrogens is 2. The first-order valence-corrected chi connectivity index (χ1v) is 18.8. The number of aromatic nitrogens is 4. The molecular weight excluding hydrogens is 683 g/mol. The highest BCUT2D eigenvalue weighted by Gasteiger charge is 2.38. The molecule has 3 N–H and O–H groups in total. The van der Waals surface area contributed by atoms with Gasteiger partial charge in [-0.15, -0.1) is 0 Å². The molecule has 0 saturated carbocycles. The van der Waals surface area contributed by atoms with E-state index < -0.39 is 17.7 Å². The summed E-state index contributed by atoms with van der Waals surface area (Å²) in [6, 6.07) is 13.4. The van der Waals surface area contributed by atoms with E-state index >= 15 is 0 Å². The number of alkyl carbamates (subject to hydrolysis) is 1. The molecule has 1 aliphatic heterocycles. The molecule has 0 unspecified atom stereocenters. The number of hydrogen-bond acceptors (Lipinski definition) is 7. The Kier molecular flexibility index (Phi) is 11.5. The van der Waals surface area contributed by atoms with Gasteiger partial charge in [-0.1, -0.05) is 50.8 Å². The first-order chi connectivity index (χ1) is 25.8. The number of rotatable bonds is 9. The highest BCUT2D eigenvalue weighted by molar-refractivity contribution is 5.86. The molecule has 0 radical (unpaired) electrons. The summed E-state index contributed by atoms with van der Waals surface area (Å²) in [4.78, 5) is 58.3. The van der Waals surface area contributed by atoms with Crippen molar-refractivity contribution in [3.05, 3.63) is 82.7 Å². The Morgan fingerprint density at radius 2 is 1.80 bits per heavy atom. The second-order valence-corrected chi connectivity index (χ2v) is 15.3. The van der Waals surface area contributed by atoms with Crippen molar-refractivity contribution < 1.29 is 23.9 Å². The quantitative estimate of drug-likeness (QED) is 0.155. The van der Waals surface area contributed by atoms with Crippen LogP contribution in [-0.4, -0.2) is 79.7 Å². The van der Waals surface area contributed by atoms with E-state index in [1.165, 1.54) is 12.7 Å². The zero-order valence-corrected chi connectivity index (χ0v) is 32.3. The maximum absolute atomic E-state index is 13.6. The van der Waals surface area contributed by atoms with E-state index in [1.54, 1.807) is 11.1 Å². The lowest BCUT2D eigenvalue weighted by Crippen LogP contribution is -2.51. The van der Waals surface area contributed by atoms with Gasteiger partial charge in [-0.3, -0.25) is 4.79 Å². The molecule has 12 nitrogen and oxygen atoms in total. The maximum Gasteiger partial charge on any atom is 0.410 e. The van der Waals surface area contributed by atoms with Gasteiger partial charge in [0.1, 0.15) is 23.3 Å². The molecule has 3 heterocycles. The topological polar surface area (TPSA) is 146 Å². The van der Waals surface area contributed by atoms with Crippen LogP contribution in [0.3, 0.4) is 0 Å². The van der Waals surface area contributed by atoms with Crippen LogP contribution in [0.15, 0.2) is 48.7 Å². The van der Waals surface area contributed by atoms with E-state index in [0.717, 1.165) is 77.3 Å².